The van der Waals surface area contributed by atoms with E-state index in [1.54, 1.807) is 0 Å². The molecule has 0 aromatic heterocycles. The van der Waals surface area contributed by atoms with Gasteiger partial charge in [0.05, 0.1) is 11.8 Å². The number of para-hydroxylation sites is 1. The number of carbonyl (C=O) groups excluding carboxylic acids is 1. The summed E-state index contributed by atoms with van der Waals surface area (Å²) in [6.07, 6.45) is 1.44. The second-order valence-electron chi connectivity index (χ2n) is 4.73. The first-order chi connectivity index (χ1) is 9.20. The Morgan fingerprint density at radius 1 is 1.32 bits per heavy atom. The van der Waals surface area contributed by atoms with Gasteiger partial charge in [0, 0.05) is 31.6 Å². The molecule has 1 aliphatic heterocycles. The summed E-state index contributed by atoms with van der Waals surface area (Å²) in [5.74, 6) is -0.00409. The van der Waals surface area contributed by atoms with E-state index in [1.165, 1.54) is 0 Å². The van der Waals surface area contributed by atoms with Crippen molar-refractivity contribution in [1.29, 1.82) is 0 Å². The second kappa shape index (κ2) is 6.33. The molecule has 1 fully saturated rings. The van der Waals surface area contributed by atoms with Crippen molar-refractivity contribution in [1.82, 2.24) is 4.90 Å². The van der Waals surface area contributed by atoms with Gasteiger partial charge in [-0.2, -0.15) is 0 Å². The predicted octanol–water partition coefficient (Wildman–Crippen LogP) is 1.94. The van der Waals surface area contributed by atoms with E-state index in [1.807, 2.05) is 37.3 Å². The Morgan fingerprint density at radius 2 is 1.95 bits per heavy atom. The SMILES string of the molecule is CC(C(=O)Nc1ccccc1)N1CCC(=NO)CC1. The summed E-state index contributed by atoms with van der Waals surface area (Å²) in [6.45, 7) is 3.41. The van der Waals surface area contributed by atoms with Crippen molar-refractivity contribution < 1.29 is 10.0 Å². The van der Waals surface area contributed by atoms with Crippen LogP contribution in [0.4, 0.5) is 5.69 Å². The smallest absolute Gasteiger partial charge is 0.241 e. The van der Waals surface area contributed by atoms with Crippen molar-refractivity contribution in [3.63, 3.8) is 0 Å². The molecule has 0 aliphatic carbocycles. The van der Waals surface area contributed by atoms with E-state index in [-0.39, 0.29) is 11.9 Å². The highest BCUT2D eigenvalue weighted by Crippen LogP contribution is 2.13. The number of oxime groups is 1. The average molecular weight is 261 g/mol. The fourth-order valence-electron chi connectivity index (χ4n) is 2.20. The Labute approximate surface area is 112 Å². The van der Waals surface area contributed by atoms with Crippen LogP contribution in [0, 0.1) is 0 Å². The number of nitrogens with zero attached hydrogens (tertiary/aromatic N) is 2. The maximum atomic E-state index is 12.1. The number of amides is 1. The first-order valence-corrected chi connectivity index (χ1v) is 6.50. The Kier molecular flexibility index (Phi) is 4.52. The van der Waals surface area contributed by atoms with E-state index in [2.05, 4.69) is 15.4 Å². The molecule has 1 saturated heterocycles. The lowest BCUT2D eigenvalue weighted by atomic mass is 10.1. The van der Waals surface area contributed by atoms with Gasteiger partial charge in [0.15, 0.2) is 0 Å². The van der Waals surface area contributed by atoms with Crippen molar-refractivity contribution in [3.8, 4) is 0 Å². The van der Waals surface area contributed by atoms with Crippen LogP contribution in [0.2, 0.25) is 0 Å². The number of hydrogen-bond acceptors (Lipinski definition) is 4. The Bertz CT molecular complexity index is 449. The summed E-state index contributed by atoms with van der Waals surface area (Å²) in [7, 11) is 0. The molecule has 1 aromatic carbocycles. The fourth-order valence-corrected chi connectivity index (χ4v) is 2.20. The molecule has 1 amide bonds. The highest BCUT2D eigenvalue weighted by molar-refractivity contribution is 5.94. The van der Waals surface area contributed by atoms with Gasteiger partial charge in [-0.1, -0.05) is 23.4 Å². The summed E-state index contributed by atoms with van der Waals surface area (Å²) in [5, 5.41) is 14.9. The van der Waals surface area contributed by atoms with E-state index in [4.69, 9.17) is 5.21 Å². The number of carbonyl (C=O) groups is 1. The third-order valence-corrected chi connectivity index (χ3v) is 3.49. The lowest BCUT2D eigenvalue weighted by Crippen LogP contribution is -2.46. The standard InChI is InChI=1S/C14H19N3O2/c1-11(17-9-7-13(16-19)8-10-17)14(18)15-12-5-3-2-4-6-12/h2-6,11,19H,7-10H2,1H3,(H,15,18). The molecule has 0 spiro atoms. The highest BCUT2D eigenvalue weighted by atomic mass is 16.4. The minimum Gasteiger partial charge on any atom is -0.411 e. The minimum absolute atomic E-state index is 0.00409. The van der Waals surface area contributed by atoms with Gasteiger partial charge in [-0.15, -0.1) is 0 Å². The van der Waals surface area contributed by atoms with Crippen molar-refractivity contribution in [2.75, 3.05) is 18.4 Å². The molecule has 2 rings (SSSR count). The lowest BCUT2D eigenvalue weighted by Gasteiger charge is -2.31. The van der Waals surface area contributed by atoms with E-state index >= 15 is 0 Å². The summed E-state index contributed by atoms with van der Waals surface area (Å²) >= 11 is 0. The van der Waals surface area contributed by atoms with Gasteiger partial charge in [0.25, 0.3) is 0 Å². The van der Waals surface area contributed by atoms with E-state index < -0.39 is 0 Å². The molecule has 1 heterocycles. The third kappa shape index (κ3) is 3.54. The lowest BCUT2D eigenvalue weighted by molar-refractivity contribution is -0.120. The second-order valence-corrected chi connectivity index (χ2v) is 4.73. The topological polar surface area (TPSA) is 64.9 Å². The largest absolute Gasteiger partial charge is 0.411 e. The van der Waals surface area contributed by atoms with Crippen LogP contribution in [0.3, 0.4) is 0 Å². The van der Waals surface area contributed by atoms with Crippen LogP contribution in [0.1, 0.15) is 19.8 Å². The molecule has 0 radical (unpaired) electrons. The molecule has 5 nitrogen and oxygen atoms in total. The van der Waals surface area contributed by atoms with Crippen molar-refractivity contribution in [2.24, 2.45) is 5.16 Å². The van der Waals surface area contributed by atoms with Crippen molar-refractivity contribution >= 4 is 17.3 Å². The van der Waals surface area contributed by atoms with Crippen LogP contribution in [-0.4, -0.2) is 40.9 Å². The molecule has 2 N–H and O–H groups in total. The van der Waals surface area contributed by atoms with Crippen LogP contribution in [0.5, 0.6) is 0 Å². The number of rotatable bonds is 3. The van der Waals surface area contributed by atoms with E-state index in [0.29, 0.717) is 0 Å². The van der Waals surface area contributed by atoms with Gasteiger partial charge in [-0.25, -0.2) is 0 Å². The van der Waals surface area contributed by atoms with Crippen LogP contribution < -0.4 is 5.32 Å². The molecule has 1 atom stereocenters. The van der Waals surface area contributed by atoms with Gasteiger partial charge in [-0.3, -0.25) is 9.69 Å². The zero-order valence-corrected chi connectivity index (χ0v) is 11.0. The van der Waals surface area contributed by atoms with Gasteiger partial charge < -0.3 is 10.5 Å². The molecule has 0 bridgehead atoms. The maximum absolute atomic E-state index is 12.1. The number of piperidine rings is 1. The van der Waals surface area contributed by atoms with Crippen molar-refractivity contribution in [3.05, 3.63) is 30.3 Å². The van der Waals surface area contributed by atoms with Gasteiger partial charge in [-0.05, 0) is 19.1 Å². The molecular weight excluding hydrogens is 242 g/mol. The summed E-state index contributed by atoms with van der Waals surface area (Å²) in [4.78, 5) is 14.2. The maximum Gasteiger partial charge on any atom is 0.241 e. The summed E-state index contributed by atoms with van der Waals surface area (Å²) in [5.41, 5.74) is 1.63. The molecular formula is C14H19N3O2. The van der Waals surface area contributed by atoms with Gasteiger partial charge >= 0.3 is 0 Å². The Balaban J connectivity index is 1.89. The zero-order chi connectivity index (χ0) is 13.7. The summed E-state index contributed by atoms with van der Waals surface area (Å²) < 4.78 is 0. The van der Waals surface area contributed by atoms with Crippen LogP contribution in [0.15, 0.2) is 35.5 Å². The number of hydrogen-bond donors (Lipinski definition) is 2. The molecule has 1 aromatic rings. The van der Waals surface area contributed by atoms with Crippen LogP contribution in [-0.2, 0) is 4.79 Å². The number of likely N-dealkylation sites (tertiary alicyclic amines) is 1. The average Bonchev–Trinajstić information content (AvgIpc) is 2.47. The van der Waals surface area contributed by atoms with Gasteiger partial charge in [0.1, 0.15) is 0 Å². The monoisotopic (exact) mass is 261 g/mol. The molecule has 1 unspecified atom stereocenters. The van der Waals surface area contributed by atoms with Crippen LogP contribution in [0.25, 0.3) is 0 Å². The molecule has 19 heavy (non-hydrogen) atoms. The minimum atomic E-state index is -0.180. The number of anilines is 1. The zero-order valence-electron chi connectivity index (χ0n) is 11.0. The normalized spacial score (nSPS) is 17.8. The van der Waals surface area contributed by atoms with E-state index in [0.717, 1.165) is 37.3 Å². The Morgan fingerprint density at radius 3 is 2.53 bits per heavy atom. The van der Waals surface area contributed by atoms with E-state index in [9.17, 15) is 4.79 Å². The summed E-state index contributed by atoms with van der Waals surface area (Å²) in [6, 6.07) is 9.27. The van der Waals surface area contributed by atoms with Gasteiger partial charge in [0.2, 0.25) is 5.91 Å². The van der Waals surface area contributed by atoms with Crippen molar-refractivity contribution in [2.45, 2.75) is 25.8 Å². The number of nitrogens with one attached hydrogen (secondary N) is 1. The Hall–Kier alpha value is -1.88. The number of benzene rings is 1. The highest BCUT2D eigenvalue weighted by Gasteiger charge is 2.24. The first kappa shape index (κ1) is 13.5. The molecule has 5 heteroatoms. The molecule has 0 saturated carbocycles. The molecule has 102 valence electrons. The molecule has 1 aliphatic rings. The third-order valence-electron chi connectivity index (χ3n) is 3.49. The predicted molar refractivity (Wildman–Crippen MR) is 74.6 cm³/mol. The fraction of sp³-hybridized carbons (Fsp3) is 0.429. The quantitative estimate of drug-likeness (QED) is 0.645. The van der Waals surface area contributed by atoms with Crippen LogP contribution >= 0.6 is 0 Å². The first-order valence-electron chi connectivity index (χ1n) is 6.50.